The maximum absolute atomic E-state index is 12.4. The highest BCUT2D eigenvalue weighted by molar-refractivity contribution is 7.21. The number of fused-ring (bicyclic) bond motifs is 1. The van der Waals surface area contributed by atoms with Gasteiger partial charge in [-0.15, -0.1) is 11.3 Å². The molecule has 1 fully saturated rings. The molecule has 4 nitrogen and oxygen atoms in total. The molecule has 2 heterocycles. The molecule has 3 rings (SSSR count). The maximum Gasteiger partial charge on any atom is 0.350 e. The lowest BCUT2D eigenvalue weighted by molar-refractivity contribution is 0.0532. The standard InChI is InChI=1S/C17H22N2O2S/c1-4-21-17(20)16-15(13-7-5-6-8-14(13)22-16)19-10-9-18(3)12(2)11-19/h5-8,12H,4,9-11H2,1-3H3. The predicted octanol–water partition coefficient (Wildman–Crippen LogP) is 3.22. The Morgan fingerprint density at radius 1 is 1.36 bits per heavy atom. The number of carbonyl (C=O) groups excluding carboxylic acids is 1. The van der Waals surface area contributed by atoms with Crippen molar-refractivity contribution in [1.82, 2.24) is 4.90 Å². The molecule has 0 N–H and O–H groups in total. The van der Waals surface area contributed by atoms with Crippen molar-refractivity contribution in [3.05, 3.63) is 29.1 Å². The maximum atomic E-state index is 12.4. The number of nitrogens with zero attached hydrogens (tertiary/aromatic N) is 2. The van der Waals surface area contributed by atoms with Crippen LogP contribution in [0.5, 0.6) is 0 Å². The number of piperazine rings is 1. The number of benzene rings is 1. The van der Waals surface area contributed by atoms with Crippen LogP contribution in [0.15, 0.2) is 24.3 Å². The Balaban J connectivity index is 2.06. The zero-order valence-corrected chi connectivity index (χ0v) is 14.2. The summed E-state index contributed by atoms with van der Waals surface area (Å²) in [6, 6.07) is 8.71. The molecule has 1 aliphatic heterocycles. The zero-order valence-electron chi connectivity index (χ0n) is 13.3. The molecule has 22 heavy (non-hydrogen) atoms. The van der Waals surface area contributed by atoms with Gasteiger partial charge < -0.3 is 14.5 Å². The minimum Gasteiger partial charge on any atom is -0.462 e. The third kappa shape index (κ3) is 2.71. The number of hydrogen-bond donors (Lipinski definition) is 0. The molecule has 118 valence electrons. The Morgan fingerprint density at radius 3 is 2.86 bits per heavy atom. The van der Waals surface area contributed by atoms with Gasteiger partial charge in [0.2, 0.25) is 0 Å². The highest BCUT2D eigenvalue weighted by Gasteiger charge is 2.28. The quantitative estimate of drug-likeness (QED) is 0.814. The van der Waals surface area contributed by atoms with Crippen molar-refractivity contribution in [1.29, 1.82) is 0 Å². The smallest absolute Gasteiger partial charge is 0.350 e. The molecule has 0 radical (unpaired) electrons. The van der Waals surface area contributed by atoms with E-state index in [1.54, 1.807) is 0 Å². The molecule has 0 amide bonds. The zero-order chi connectivity index (χ0) is 15.7. The molecular formula is C17H22N2O2S. The van der Waals surface area contributed by atoms with Crippen LogP contribution >= 0.6 is 11.3 Å². The molecule has 1 saturated heterocycles. The Kier molecular flexibility index (Phi) is 4.36. The molecule has 0 aliphatic carbocycles. The van der Waals surface area contributed by atoms with Crippen LogP contribution in [0.2, 0.25) is 0 Å². The van der Waals surface area contributed by atoms with Crippen LogP contribution < -0.4 is 4.90 Å². The van der Waals surface area contributed by atoms with E-state index in [9.17, 15) is 4.79 Å². The van der Waals surface area contributed by atoms with E-state index in [2.05, 4.69) is 35.9 Å². The highest BCUT2D eigenvalue weighted by Crippen LogP contribution is 2.39. The van der Waals surface area contributed by atoms with Crippen LogP contribution in [0.3, 0.4) is 0 Å². The van der Waals surface area contributed by atoms with Crippen LogP contribution in [-0.2, 0) is 4.74 Å². The Hall–Kier alpha value is -1.59. The predicted molar refractivity (Wildman–Crippen MR) is 92.1 cm³/mol. The van der Waals surface area contributed by atoms with E-state index in [4.69, 9.17) is 4.74 Å². The van der Waals surface area contributed by atoms with Crippen LogP contribution in [0.4, 0.5) is 5.69 Å². The molecule has 0 spiro atoms. The van der Waals surface area contributed by atoms with Gasteiger partial charge in [-0.2, -0.15) is 0 Å². The number of esters is 1. The molecular weight excluding hydrogens is 296 g/mol. The highest BCUT2D eigenvalue weighted by atomic mass is 32.1. The summed E-state index contributed by atoms with van der Waals surface area (Å²) in [6.45, 7) is 7.37. The van der Waals surface area contributed by atoms with E-state index in [1.807, 2.05) is 19.1 Å². The van der Waals surface area contributed by atoms with Crippen LogP contribution in [0.25, 0.3) is 10.1 Å². The molecule has 1 aliphatic rings. The number of hydrogen-bond acceptors (Lipinski definition) is 5. The topological polar surface area (TPSA) is 32.8 Å². The van der Waals surface area contributed by atoms with Gasteiger partial charge in [-0.3, -0.25) is 0 Å². The second-order valence-corrected chi connectivity index (χ2v) is 6.82. The van der Waals surface area contributed by atoms with Gasteiger partial charge in [-0.25, -0.2) is 4.79 Å². The summed E-state index contributed by atoms with van der Waals surface area (Å²) >= 11 is 1.54. The van der Waals surface area contributed by atoms with E-state index >= 15 is 0 Å². The summed E-state index contributed by atoms with van der Waals surface area (Å²) in [5, 5.41) is 1.16. The van der Waals surface area contributed by atoms with Crippen LogP contribution in [-0.4, -0.2) is 50.2 Å². The number of rotatable bonds is 3. The fourth-order valence-corrected chi connectivity index (χ4v) is 4.05. The van der Waals surface area contributed by atoms with Crippen molar-refractivity contribution in [3.63, 3.8) is 0 Å². The first kappa shape index (κ1) is 15.3. The monoisotopic (exact) mass is 318 g/mol. The second kappa shape index (κ2) is 6.26. The lowest BCUT2D eigenvalue weighted by Gasteiger charge is -2.39. The van der Waals surface area contributed by atoms with Gasteiger partial charge in [0, 0.05) is 35.8 Å². The average molecular weight is 318 g/mol. The third-order valence-corrected chi connectivity index (χ3v) is 5.45. The van der Waals surface area contributed by atoms with Crippen molar-refractivity contribution < 1.29 is 9.53 Å². The van der Waals surface area contributed by atoms with E-state index < -0.39 is 0 Å². The van der Waals surface area contributed by atoms with Crippen LogP contribution in [0.1, 0.15) is 23.5 Å². The molecule has 5 heteroatoms. The average Bonchev–Trinajstić information content (AvgIpc) is 2.90. The largest absolute Gasteiger partial charge is 0.462 e. The van der Waals surface area contributed by atoms with Crippen molar-refractivity contribution in [3.8, 4) is 0 Å². The van der Waals surface area contributed by atoms with Crippen LogP contribution in [0, 0.1) is 0 Å². The normalized spacial score (nSPS) is 19.6. The molecule has 2 aromatic rings. The van der Waals surface area contributed by atoms with E-state index in [0.29, 0.717) is 12.6 Å². The van der Waals surface area contributed by atoms with E-state index in [0.717, 1.165) is 40.3 Å². The van der Waals surface area contributed by atoms with Gasteiger partial charge in [0.1, 0.15) is 4.88 Å². The fraction of sp³-hybridized carbons (Fsp3) is 0.471. The lowest BCUT2D eigenvalue weighted by Crippen LogP contribution is -2.50. The first-order chi connectivity index (χ1) is 10.6. The first-order valence-corrected chi connectivity index (χ1v) is 8.57. The van der Waals surface area contributed by atoms with Gasteiger partial charge in [-0.1, -0.05) is 18.2 Å². The SMILES string of the molecule is CCOC(=O)c1sc2ccccc2c1N1CCN(C)C(C)C1. The molecule has 1 atom stereocenters. The number of carbonyl (C=O) groups is 1. The molecule has 0 bridgehead atoms. The Labute approximate surface area is 135 Å². The first-order valence-electron chi connectivity index (χ1n) is 7.75. The minimum atomic E-state index is -0.203. The molecule has 1 aromatic heterocycles. The van der Waals surface area contributed by atoms with Crippen molar-refractivity contribution in [2.75, 3.05) is 38.2 Å². The third-order valence-electron chi connectivity index (χ3n) is 4.31. The van der Waals surface area contributed by atoms with Gasteiger partial charge in [-0.05, 0) is 27.0 Å². The van der Waals surface area contributed by atoms with Gasteiger partial charge in [0.25, 0.3) is 0 Å². The van der Waals surface area contributed by atoms with E-state index in [1.165, 1.54) is 11.3 Å². The summed E-state index contributed by atoms with van der Waals surface area (Å²) in [7, 11) is 2.15. The van der Waals surface area contributed by atoms with Gasteiger partial charge in [0.15, 0.2) is 0 Å². The minimum absolute atomic E-state index is 0.203. The number of thiophene rings is 1. The molecule has 1 aromatic carbocycles. The fourth-order valence-electron chi connectivity index (χ4n) is 2.93. The summed E-state index contributed by atoms with van der Waals surface area (Å²) in [6.07, 6.45) is 0. The van der Waals surface area contributed by atoms with Gasteiger partial charge in [0.05, 0.1) is 12.3 Å². The number of likely N-dealkylation sites (N-methyl/N-ethyl adjacent to an activating group) is 1. The Bertz CT molecular complexity index is 682. The van der Waals surface area contributed by atoms with E-state index in [-0.39, 0.29) is 5.97 Å². The number of ether oxygens (including phenoxy) is 1. The molecule has 1 unspecified atom stereocenters. The van der Waals surface area contributed by atoms with Crippen molar-refractivity contribution in [2.24, 2.45) is 0 Å². The Morgan fingerprint density at radius 2 is 2.14 bits per heavy atom. The van der Waals surface area contributed by atoms with Crippen molar-refractivity contribution >= 4 is 33.1 Å². The second-order valence-electron chi connectivity index (χ2n) is 5.77. The summed E-state index contributed by atoms with van der Waals surface area (Å²) < 4.78 is 6.42. The lowest BCUT2D eigenvalue weighted by atomic mass is 10.1. The number of anilines is 1. The summed E-state index contributed by atoms with van der Waals surface area (Å²) in [5.74, 6) is -0.203. The summed E-state index contributed by atoms with van der Waals surface area (Å²) in [5.41, 5.74) is 1.05. The van der Waals surface area contributed by atoms with Gasteiger partial charge >= 0.3 is 5.97 Å². The van der Waals surface area contributed by atoms with Crippen molar-refractivity contribution in [2.45, 2.75) is 19.9 Å². The molecule has 0 saturated carbocycles. The summed E-state index contributed by atoms with van der Waals surface area (Å²) in [4.78, 5) is 17.8.